The highest BCUT2D eigenvalue weighted by atomic mass is 19.1. The third kappa shape index (κ3) is 4.11. The van der Waals surface area contributed by atoms with Crippen LogP contribution in [-0.4, -0.2) is 44.2 Å². The van der Waals surface area contributed by atoms with E-state index in [4.69, 9.17) is 7.85 Å². The van der Waals surface area contributed by atoms with E-state index in [9.17, 15) is 14.0 Å². The molecule has 0 aromatic carbocycles. The Kier molecular flexibility index (Phi) is 5.33. The van der Waals surface area contributed by atoms with Gasteiger partial charge in [-0.25, -0.2) is 4.39 Å². The molecule has 0 bridgehead atoms. The van der Waals surface area contributed by atoms with E-state index < -0.39 is 12.6 Å². The summed E-state index contributed by atoms with van der Waals surface area (Å²) in [6.07, 6.45) is -0.187. The lowest BCUT2D eigenvalue weighted by atomic mass is 10.0. The quantitative estimate of drug-likeness (QED) is 0.544. The van der Waals surface area contributed by atoms with Gasteiger partial charge >= 0.3 is 0 Å². The Hall–Kier alpha value is -0.865. The maximum atomic E-state index is 11.8. The Morgan fingerprint density at radius 1 is 1.50 bits per heavy atom. The van der Waals surface area contributed by atoms with E-state index in [1.165, 1.54) is 6.92 Å². The van der Waals surface area contributed by atoms with Crippen molar-refractivity contribution >= 4 is 19.5 Å². The number of ketones is 1. The molecule has 0 saturated carbocycles. The molecule has 66 valence electrons. The van der Waals surface area contributed by atoms with Gasteiger partial charge in [-0.15, -0.1) is 0 Å². The number of nitrogens with zero attached hydrogens (tertiary/aromatic N) is 1. The predicted molar refractivity (Wildman–Crippen MR) is 43.8 cm³/mol. The van der Waals surface area contributed by atoms with Gasteiger partial charge in [0, 0.05) is 6.54 Å². The van der Waals surface area contributed by atoms with E-state index in [0.717, 1.165) is 4.90 Å². The highest BCUT2D eigenvalue weighted by molar-refractivity contribution is 6.19. The SMILES string of the molecule is [B]CC(=O)N(CCF)CC(C)=O. The fraction of sp³-hybridized carbons (Fsp3) is 0.714. The normalized spacial score (nSPS) is 9.50. The Morgan fingerprint density at radius 3 is 2.42 bits per heavy atom. The molecule has 1 amide bonds. The maximum Gasteiger partial charge on any atom is 0.214 e. The molecule has 0 unspecified atom stereocenters. The van der Waals surface area contributed by atoms with E-state index in [-0.39, 0.29) is 25.2 Å². The first-order valence-corrected chi connectivity index (χ1v) is 3.65. The first kappa shape index (κ1) is 11.1. The fourth-order valence-corrected chi connectivity index (χ4v) is 0.792. The first-order chi connectivity index (χ1) is 5.61. The third-order valence-corrected chi connectivity index (χ3v) is 1.30. The average Bonchev–Trinajstić information content (AvgIpc) is 2.01. The molecule has 0 rings (SSSR count). The summed E-state index contributed by atoms with van der Waals surface area (Å²) < 4.78 is 11.8. The number of carbonyl (C=O) groups excluding carboxylic acids is 2. The van der Waals surface area contributed by atoms with Gasteiger partial charge in [0.15, 0.2) is 0 Å². The minimum Gasteiger partial charge on any atom is -0.333 e. The topological polar surface area (TPSA) is 37.4 Å². The van der Waals surface area contributed by atoms with Crippen molar-refractivity contribution in [3.8, 4) is 0 Å². The lowest BCUT2D eigenvalue weighted by Gasteiger charge is -2.18. The summed E-state index contributed by atoms with van der Waals surface area (Å²) in [4.78, 5) is 22.6. The number of halogens is 1. The number of Topliss-reactive ketones (excluding diaryl/α,β-unsaturated/α-hetero) is 1. The number of rotatable bonds is 5. The Bertz CT molecular complexity index is 175. The minimum atomic E-state index is -0.654. The van der Waals surface area contributed by atoms with Crippen LogP contribution in [0.1, 0.15) is 6.92 Å². The van der Waals surface area contributed by atoms with Gasteiger partial charge in [-0.1, -0.05) is 0 Å². The van der Waals surface area contributed by atoms with Gasteiger partial charge in [0.2, 0.25) is 5.91 Å². The van der Waals surface area contributed by atoms with Crippen molar-refractivity contribution in [3.05, 3.63) is 0 Å². The highest BCUT2D eigenvalue weighted by Gasteiger charge is 2.11. The highest BCUT2D eigenvalue weighted by Crippen LogP contribution is 1.93. The van der Waals surface area contributed by atoms with Crippen LogP contribution >= 0.6 is 0 Å². The minimum absolute atomic E-state index is 0.0556. The summed E-state index contributed by atoms with van der Waals surface area (Å²) in [7, 11) is 5.05. The van der Waals surface area contributed by atoms with Crippen LogP contribution in [0.25, 0.3) is 0 Å². The van der Waals surface area contributed by atoms with E-state index >= 15 is 0 Å². The summed E-state index contributed by atoms with van der Waals surface area (Å²) >= 11 is 0. The zero-order chi connectivity index (χ0) is 9.56. The van der Waals surface area contributed by atoms with Crippen molar-refractivity contribution in [2.75, 3.05) is 19.8 Å². The Morgan fingerprint density at radius 2 is 2.08 bits per heavy atom. The summed E-state index contributed by atoms with van der Waals surface area (Å²) in [5.74, 6) is -0.576. The summed E-state index contributed by atoms with van der Waals surface area (Å²) in [6.45, 7) is 0.573. The number of amides is 1. The van der Waals surface area contributed by atoms with E-state index in [1.807, 2.05) is 0 Å². The lowest BCUT2D eigenvalue weighted by molar-refractivity contribution is -0.133. The van der Waals surface area contributed by atoms with Crippen molar-refractivity contribution in [2.24, 2.45) is 0 Å². The number of alkyl halides is 1. The molecule has 0 spiro atoms. The second-order valence-corrected chi connectivity index (χ2v) is 2.41. The number of hydrogen-bond acceptors (Lipinski definition) is 2. The summed E-state index contributed by atoms with van der Waals surface area (Å²) in [5.41, 5.74) is 0. The zero-order valence-corrected chi connectivity index (χ0v) is 7.05. The maximum absolute atomic E-state index is 11.8. The molecule has 5 heteroatoms. The van der Waals surface area contributed by atoms with Crippen LogP contribution in [0.3, 0.4) is 0 Å². The van der Waals surface area contributed by atoms with Gasteiger partial charge in [0.05, 0.1) is 14.4 Å². The molecule has 0 aliphatic rings. The smallest absolute Gasteiger partial charge is 0.214 e. The molecular formula is C7H11BFNO2. The van der Waals surface area contributed by atoms with Gasteiger partial charge < -0.3 is 4.90 Å². The molecule has 0 N–H and O–H groups in total. The molecule has 0 aromatic rings. The second kappa shape index (κ2) is 5.74. The molecule has 0 atom stereocenters. The summed E-state index contributed by atoms with van der Waals surface area (Å²) in [6, 6.07) is 0. The van der Waals surface area contributed by atoms with Crippen LogP contribution in [0.2, 0.25) is 6.32 Å². The Balaban J connectivity index is 4.02. The van der Waals surface area contributed by atoms with E-state index in [2.05, 4.69) is 0 Å². The van der Waals surface area contributed by atoms with Crippen LogP contribution in [0.5, 0.6) is 0 Å². The van der Waals surface area contributed by atoms with Crippen molar-refractivity contribution in [3.63, 3.8) is 0 Å². The Labute approximate surface area is 72.3 Å². The molecule has 0 heterocycles. The van der Waals surface area contributed by atoms with Crippen molar-refractivity contribution < 1.29 is 14.0 Å². The lowest BCUT2D eigenvalue weighted by Crippen LogP contribution is -2.36. The average molecular weight is 171 g/mol. The number of carbonyl (C=O) groups is 2. The second-order valence-electron chi connectivity index (χ2n) is 2.41. The van der Waals surface area contributed by atoms with Crippen LogP contribution in [0.4, 0.5) is 4.39 Å². The standard InChI is InChI=1S/C7H11BFNO2/c1-6(11)5-10(3-2-9)7(12)4-8/h2-5H2,1H3. The zero-order valence-electron chi connectivity index (χ0n) is 7.05. The number of hydrogen-bond donors (Lipinski definition) is 0. The van der Waals surface area contributed by atoms with Crippen LogP contribution in [0, 0.1) is 0 Å². The van der Waals surface area contributed by atoms with Gasteiger partial charge in [-0.3, -0.25) is 9.59 Å². The van der Waals surface area contributed by atoms with Gasteiger partial charge in [0.1, 0.15) is 12.5 Å². The van der Waals surface area contributed by atoms with Crippen LogP contribution < -0.4 is 0 Å². The third-order valence-electron chi connectivity index (χ3n) is 1.30. The molecule has 12 heavy (non-hydrogen) atoms. The first-order valence-electron chi connectivity index (χ1n) is 3.65. The molecule has 0 aliphatic heterocycles. The molecule has 0 aliphatic carbocycles. The van der Waals surface area contributed by atoms with Crippen LogP contribution in [-0.2, 0) is 9.59 Å². The largest absolute Gasteiger partial charge is 0.333 e. The molecule has 0 fully saturated rings. The predicted octanol–water partition coefficient (Wildman–Crippen LogP) is -0.0397. The van der Waals surface area contributed by atoms with E-state index in [0.29, 0.717) is 0 Å². The van der Waals surface area contributed by atoms with E-state index in [1.54, 1.807) is 0 Å². The fourth-order valence-electron chi connectivity index (χ4n) is 0.792. The monoisotopic (exact) mass is 171 g/mol. The van der Waals surface area contributed by atoms with Gasteiger partial charge in [-0.05, 0) is 13.2 Å². The molecule has 0 saturated heterocycles. The molecule has 0 aromatic heterocycles. The summed E-state index contributed by atoms with van der Waals surface area (Å²) in [5, 5.41) is 0. The molecule has 3 nitrogen and oxygen atoms in total. The van der Waals surface area contributed by atoms with Gasteiger partial charge in [0.25, 0.3) is 0 Å². The molecule has 2 radical (unpaired) electrons. The van der Waals surface area contributed by atoms with Crippen LogP contribution in [0.15, 0.2) is 0 Å². The van der Waals surface area contributed by atoms with Gasteiger partial charge in [-0.2, -0.15) is 0 Å². The van der Waals surface area contributed by atoms with Crippen molar-refractivity contribution in [1.82, 2.24) is 4.90 Å². The van der Waals surface area contributed by atoms with Crippen molar-refractivity contribution in [2.45, 2.75) is 13.2 Å². The molecular weight excluding hydrogens is 160 g/mol. The van der Waals surface area contributed by atoms with Crippen molar-refractivity contribution in [1.29, 1.82) is 0 Å².